The lowest BCUT2D eigenvalue weighted by Crippen LogP contribution is -2.37. The van der Waals surface area contributed by atoms with Gasteiger partial charge in [-0.1, -0.05) is 80.4 Å². The highest BCUT2D eigenvalue weighted by Crippen LogP contribution is 2.37. The molecule has 1 heteroatoms. The quantitative estimate of drug-likeness (QED) is 0.819. The van der Waals surface area contributed by atoms with Crippen LogP contribution in [0.5, 0.6) is 0 Å². The predicted octanol–water partition coefficient (Wildman–Crippen LogP) is 4.93. The first-order valence-corrected chi connectivity index (χ1v) is 7.82. The van der Waals surface area contributed by atoms with Crippen LogP contribution in [-0.2, 0) is 5.41 Å². The molecule has 21 heavy (non-hydrogen) atoms. The first-order chi connectivity index (χ1) is 9.95. The molecule has 0 fully saturated rings. The lowest BCUT2D eigenvalue weighted by atomic mass is 9.74. The van der Waals surface area contributed by atoms with Gasteiger partial charge in [-0.25, -0.2) is 0 Å². The zero-order valence-corrected chi connectivity index (χ0v) is 13.9. The summed E-state index contributed by atoms with van der Waals surface area (Å²) in [5.41, 5.74) is 5.45. The van der Waals surface area contributed by atoms with Gasteiger partial charge in [-0.05, 0) is 31.5 Å². The van der Waals surface area contributed by atoms with Gasteiger partial charge in [-0.2, -0.15) is 0 Å². The first-order valence-electron chi connectivity index (χ1n) is 7.82. The normalized spacial score (nSPS) is 13.2. The monoisotopic (exact) mass is 281 g/mol. The van der Waals surface area contributed by atoms with Crippen molar-refractivity contribution < 1.29 is 0 Å². The maximum Gasteiger partial charge on any atom is 0.0412 e. The van der Waals surface area contributed by atoms with E-state index in [9.17, 15) is 0 Å². The van der Waals surface area contributed by atoms with Crippen LogP contribution >= 0.6 is 0 Å². The van der Waals surface area contributed by atoms with Crippen molar-refractivity contribution in [3.05, 3.63) is 70.8 Å². The second-order valence-corrected chi connectivity index (χ2v) is 6.50. The molecule has 1 unspecified atom stereocenters. The van der Waals surface area contributed by atoms with Crippen LogP contribution in [-0.4, -0.2) is 6.54 Å². The Hall–Kier alpha value is -1.60. The number of hydrogen-bond acceptors (Lipinski definition) is 1. The Morgan fingerprint density at radius 1 is 0.952 bits per heavy atom. The van der Waals surface area contributed by atoms with Crippen LogP contribution < -0.4 is 5.32 Å². The van der Waals surface area contributed by atoms with Crippen LogP contribution in [0.4, 0.5) is 0 Å². The molecule has 112 valence electrons. The average molecular weight is 281 g/mol. The first kappa shape index (κ1) is 15.8. The van der Waals surface area contributed by atoms with E-state index in [-0.39, 0.29) is 5.41 Å². The van der Waals surface area contributed by atoms with E-state index in [1.807, 2.05) is 0 Å². The van der Waals surface area contributed by atoms with Gasteiger partial charge in [0.05, 0.1) is 0 Å². The van der Waals surface area contributed by atoms with Gasteiger partial charge in [0.2, 0.25) is 0 Å². The molecule has 0 heterocycles. The summed E-state index contributed by atoms with van der Waals surface area (Å²) in [6, 6.07) is 18.0. The molecule has 0 spiro atoms. The lowest BCUT2D eigenvalue weighted by Gasteiger charge is -2.36. The van der Waals surface area contributed by atoms with Gasteiger partial charge in [-0.3, -0.25) is 0 Å². The van der Waals surface area contributed by atoms with Gasteiger partial charge in [0.1, 0.15) is 0 Å². The molecule has 0 aliphatic heterocycles. The minimum absolute atomic E-state index is 0.0392. The Morgan fingerprint density at radius 2 is 1.52 bits per heavy atom. The van der Waals surface area contributed by atoms with Crippen molar-refractivity contribution in [2.24, 2.45) is 0 Å². The molecule has 1 atom stereocenters. The number of benzene rings is 2. The molecule has 0 aliphatic rings. The minimum Gasteiger partial charge on any atom is -0.309 e. The fraction of sp³-hybridized carbons (Fsp3) is 0.400. The molecule has 0 aromatic heterocycles. The van der Waals surface area contributed by atoms with Crippen LogP contribution in [0.2, 0.25) is 0 Å². The second kappa shape index (κ2) is 6.44. The predicted molar refractivity (Wildman–Crippen MR) is 91.8 cm³/mol. The van der Waals surface area contributed by atoms with Gasteiger partial charge in [0.15, 0.2) is 0 Å². The average Bonchev–Trinajstić information content (AvgIpc) is 2.44. The minimum atomic E-state index is 0.0392. The lowest BCUT2D eigenvalue weighted by molar-refractivity contribution is 0.353. The van der Waals surface area contributed by atoms with E-state index in [0.29, 0.717) is 6.04 Å². The zero-order valence-electron chi connectivity index (χ0n) is 13.9. The Balaban J connectivity index is 2.47. The smallest absolute Gasteiger partial charge is 0.0412 e. The third-order valence-corrected chi connectivity index (χ3v) is 4.23. The van der Waals surface area contributed by atoms with Crippen LogP contribution in [0.3, 0.4) is 0 Å². The molecule has 0 saturated carbocycles. The summed E-state index contributed by atoms with van der Waals surface area (Å²) in [6.45, 7) is 12.1. The molecule has 2 aromatic carbocycles. The standard InChI is InChI=1S/C20H27N/c1-6-21-19(17-13-15(2)12-16(3)14-17)20(4,5)18-10-8-7-9-11-18/h7-14,19,21H,6H2,1-5H3. The summed E-state index contributed by atoms with van der Waals surface area (Å²) in [5, 5.41) is 3.69. The number of rotatable bonds is 5. The molecule has 0 aliphatic carbocycles. The Labute approximate surface area is 129 Å². The molecule has 1 nitrogen and oxygen atoms in total. The number of nitrogens with one attached hydrogen (secondary N) is 1. The zero-order chi connectivity index (χ0) is 15.5. The van der Waals surface area contributed by atoms with E-state index in [4.69, 9.17) is 0 Å². The van der Waals surface area contributed by atoms with Gasteiger partial charge in [0.25, 0.3) is 0 Å². The van der Waals surface area contributed by atoms with Crippen molar-refractivity contribution in [3.63, 3.8) is 0 Å². The van der Waals surface area contributed by atoms with E-state index in [1.165, 1.54) is 22.3 Å². The van der Waals surface area contributed by atoms with Crippen molar-refractivity contribution in [2.75, 3.05) is 6.54 Å². The maximum atomic E-state index is 3.69. The Kier molecular flexibility index (Phi) is 4.84. The van der Waals surface area contributed by atoms with Crippen LogP contribution in [0.15, 0.2) is 48.5 Å². The molecular weight excluding hydrogens is 254 g/mol. The second-order valence-electron chi connectivity index (χ2n) is 6.50. The van der Waals surface area contributed by atoms with Crippen LogP contribution in [0.25, 0.3) is 0 Å². The van der Waals surface area contributed by atoms with Gasteiger partial charge < -0.3 is 5.32 Å². The third kappa shape index (κ3) is 3.54. The highest BCUT2D eigenvalue weighted by molar-refractivity contribution is 5.36. The SMILES string of the molecule is CCNC(c1cc(C)cc(C)c1)C(C)(C)c1ccccc1. The van der Waals surface area contributed by atoms with E-state index in [1.54, 1.807) is 0 Å². The third-order valence-electron chi connectivity index (χ3n) is 4.23. The molecule has 2 aromatic rings. The van der Waals surface area contributed by atoms with Crippen molar-refractivity contribution in [3.8, 4) is 0 Å². The highest BCUT2D eigenvalue weighted by Gasteiger charge is 2.32. The molecule has 0 radical (unpaired) electrons. The fourth-order valence-electron chi connectivity index (χ4n) is 3.20. The maximum absolute atomic E-state index is 3.69. The van der Waals surface area contributed by atoms with Crippen LogP contribution in [0, 0.1) is 13.8 Å². The van der Waals surface area contributed by atoms with E-state index >= 15 is 0 Å². The van der Waals surface area contributed by atoms with Crippen molar-refractivity contribution in [1.82, 2.24) is 5.32 Å². The molecule has 1 N–H and O–H groups in total. The summed E-state index contributed by atoms with van der Waals surface area (Å²) in [4.78, 5) is 0. The summed E-state index contributed by atoms with van der Waals surface area (Å²) in [6.07, 6.45) is 0. The number of aryl methyl sites for hydroxylation is 2. The number of likely N-dealkylation sites (N-methyl/N-ethyl adjacent to an activating group) is 1. The van der Waals surface area contributed by atoms with Gasteiger partial charge in [-0.15, -0.1) is 0 Å². The number of hydrogen-bond donors (Lipinski definition) is 1. The summed E-state index contributed by atoms with van der Waals surface area (Å²) in [7, 11) is 0. The topological polar surface area (TPSA) is 12.0 Å². The highest BCUT2D eigenvalue weighted by atomic mass is 14.9. The largest absolute Gasteiger partial charge is 0.309 e. The summed E-state index contributed by atoms with van der Waals surface area (Å²) < 4.78 is 0. The summed E-state index contributed by atoms with van der Waals surface area (Å²) >= 11 is 0. The molecule has 0 amide bonds. The van der Waals surface area contributed by atoms with E-state index in [2.05, 4.69) is 88.5 Å². The van der Waals surface area contributed by atoms with Crippen molar-refractivity contribution in [2.45, 2.75) is 46.1 Å². The van der Waals surface area contributed by atoms with Crippen molar-refractivity contribution >= 4 is 0 Å². The van der Waals surface area contributed by atoms with Gasteiger partial charge >= 0.3 is 0 Å². The summed E-state index contributed by atoms with van der Waals surface area (Å²) in [5.74, 6) is 0. The van der Waals surface area contributed by atoms with Crippen LogP contribution in [0.1, 0.15) is 49.1 Å². The molecule has 0 bridgehead atoms. The van der Waals surface area contributed by atoms with E-state index < -0.39 is 0 Å². The molecule has 0 saturated heterocycles. The molecular formula is C20H27N. The Bertz CT molecular complexity index is 564. The molecule has 2 rings (SSSR count). The van der Waals surface area contributed by atoms with E-state index in [0.717, 1.165) is 6.54 Å². The van der Waals surface area contributed by atoms with Crippen molar-refractivity contribution in [1.29, 1.82) is 0 Å². The van der Waals surface area contributed by atoms with Gasteiger partial charge in [0, 0.05) is 11.5 Å². The Morgan fingerprint density at radius 3 is 2.05 bits per heavy atom. The fourth-order valence-corrected chi connectivity index (χ4v) is 3.20.